The monoisotopic (exact) mass is 426 g/mol. The first-order valence-electron chi connectivity index (χ1n) is 12.4. The van der Waals surface area contributed by atoms with Crippen molar-refractivity contribution in [2.24, 2.45) is 0 Å². The second-order valence-corrected chi connectivity index (χ2v) is 13.2. The average molecular weight is 427 g/mol. The first kappa shape index (κ1) is 23.2. The maximum absolute atomic E-state index is 3.89. The smallest absolute Gasteiger partial charge is 0.0891 e. The molecular formula is C27H46N4. The number of rotatable bonds is 3. The standard InChI is InChI=1S/C27H46N4/c1-24(2)16-21(17-25(3,4)28-24)30-14-15-31(23(30)20-12-10-9-11-13-20)22-18-26(5,6)29-27(7,8)19-22/h9-13,21-23,28-29H,14-19H2,1-8H3. The van der Waals surface area contributed by atoms with Crippen molar-refractivity contribution in [3.63, 3.8) is 0 Å². The van der Waals surface area contributed by atoms with Crippen LogP contribution in [0.25, 0.3) is 0 Å². The lowest BCUT2D eigenvalue weighted by Gasteiger charge is -2.52. The highest BCUT2D eigenvalue weighted by atomic mass is 15.4. The van der Waals surface area contributed by atoms with Crippen LogP contribution in [0.2, 0.25) is 0 Å². The van der Waals surface area contributed by atoms with E-state index in [1.54, 1.807) is 0 Å². The Morgan fingerprint density at radius 1 is 0.613 bits per heavy atom. The highest BCUT2D eigenvalue weighted by molar-refractivity contribution is 5.21. The zero-order chi connectivity index (χ0) is 22.7. The summed E-state index contributed by atoms with van der Waals surface area (Å²) in [7, 11) is 0. The number of nitrogens with zero attached hydrogens (tertiary/aromatic N) is 2. The van der Waals surface area contributed by atoms with E-state index in [2.05, 4.69) is 106 Å². The van der Waals surface area contributed by atoms with Gasteiger partial charge in [-0.2, -0.15) is 0 Å². The third-order valence-corrected chi connectivity index (χ3v) is 7.62. The predicted octanol–water partition coefficient (Wildman–Crippen LogP) is 4.92. The van der Waals surface area contributed by atoms with Gasteiger partial charge in [-0.05, 0) is 86.6 Å². The van der Waals surface area contributed by atoms with Crippen molar-refractivity contribution in [2.45, 2.75) is 121 Å². The summed E-state index contributed by atoms with van der Waals surface area (Å²) in [5, 5.41) is 7.78. The first-order valence-corrected chi connectivity index (χ1v) is 12.4. The van der Waals surface area contributed by atoms with Crippen LogP contribution in [0.4, 0.5) is 0 Å². The molecule has 4 heteroatoms. The molecule has 0 bridgehead atoms. The third kappa shape index (κ3) is 5.19. The fourth-order valence-electron chi connectivity index (χ4n) is 7.44. The Morgan fingerprint density at radius 2 is 0.968 bits per heavy atom. The van der Waals surface area contributed by atoms with Gasteiger partial charge in [-0.25, -0.2) is 0 Å². The van der Waals surface area contributed by atoms with Gasteiger partial charge in [-0.1, -0.05) is 30.3 Å². The SMILES string of the molecule is CC1(C)CC(N2CCN(C3CC(C)(C)NC(C)(C)C3)C2c2ccccc2)CC(C)(C)N1. The summed E-state index contributed by atoms with van der Waals surface area (Å²) in [6.07, 6.45) is 5.20. The largest absolute Gasteiger partial charge is 0.307 e. The summed E-state index contributed by atoms with van der Waals surface area (Å²) in [5.41, 5.74) is 2.13. The molecule has 2 N–H and O–H groups in total. The maximum atomic E-state index is 3.89. The van der Waals surface area contributed by atoms with Gasteiger partial charge in [0.1, 0.15) is 0 Å². The fraction of sp³-hybridized carbons (Fsp3) is 0.778. The highest BCUT2D eigenvalue weighted by Crippen LogP contribution is 2.43. The van der Waals surface area contributed by atoms with Gasteiger partial charge in [-0.3, -0.25) is 9.80 Å². The number of hydrogen-bond donors (Lipinski definition) is 2. The van der Waals surface area contributed by atoms with Crippen LogP contribution in [0, 0.1) is 0 Å². The topological polar surface area (TPSA) is 30.5 Å². The lowest BCUT2D eigenvalue weighted by molar-refractivity contribution is -0.00532. The fourth-order valence-corrected chi connectivity index (χ4v) is 7.44. The predicted molar refractivity (Wildman–Crippen MR) is 131 cm³/mol. The maximum Gasteiger partial charge on any atom is 0.0891 e. The molecule has 4 rings (SSSR count). The van der Waals surface area contributed by atoms with Crippen LogP contribution in [0.3, 0.4) is 0 Å². The Morgan fingerprint density at radius 3 is 1.32 bits per heavy atom. The molecule has 0 unspecified atom stereocenters. The first-order chi connectivity index (χ1) is 14.3. The molecule has 3 aliphatic rings. The third-order valence-electron chi connectivity index (χ3n) is 7.62. The Labute approximate surface area is 191 Å². The molecular weight excluding hydrogens is 380 g/mol. The van der Waals surface area contributed by atoms with Crippen LogP contribution in [-0.4, -0.2) is 57.1 Å². The molecule has 1 aromatic rings. The van der Waals surface area contributed by atoms with Gasteiger partial charge in [0.05, 0.1) is 6.17 Å². The Kier molecular flexibility index (Phi) is 5.87. The number of hydrogen-bond acceptors (Lipinski definition) is 4. The average Bonchev–Trinajstić information content (AvgIpc) is 3.02. The molecule has 0 aliphatic carbocycles. The molecule has 31 heavy (non-hydrogen) atoms. The second-order valence-electron chi connectivity index (χ2n) is 13.2. The zero-order valence-corrected chi connectivity index (χ0v) is 21.3. The normalized spacial score (nSPS) is 29.9. The molecule has 1 aromatic carbocycles. The number of benzene rings is 1. The van der Waals surface area contributed by atoms with Crippen LogP contribution in [-0.2, 0) is 0 Å². The van der Waals surface area contributed by atoms with Gasteiger partial charge in [-0.15, -0.1) is 0 Å². The van der Waals surface area contributed by atoms with Crippen LogP contribution in [0.1, 0.15) is 92.8 Å². The molecule has 0 spiro atoms. The van der Waals surface area contributed by atoms with Gasteiger partial charge in [0, 0.05) is 47.3 Å². The van der Waals surface area contributed by atoms with E-state index in [1.165, 1.54) is 44.3 Å². The minimum atomic E-state index is 0.166. The molecule has 0 atom stereocenters. The Hall–Kier alpha value is -0.940. The molecule has 3 saturated heterocycles. The van der Waals surface area contributed by atoms with E-state index in [0.717, 1.165) is 0 Å². The van der Waals surface area contributed by atoms with Crippen molar-refractivity contribution in [2.75, 3.05) is 13.1 Å². The van der Waals surface area contributed by atoms with E-state index in [0.29, 0.717) is 18.2 Å². The quantitative estimate of drug-likeness (QED) is 0.718. The molecule has 0 amide bonds. The van der Waals surface area contributed by atoms with Gasteiger partial charge in [0.15, 0.2) is 0 Å². The van der Waals surface area contributed by atoms with E-state index in [9.17, 15) is 0 Å². The minimum Gasteiger partial charge on any atom is -0.307 e. The van der Waals surface area contributed by atoms with Gasteiger partial charge in [0.25, 0.3) is 0 Å². The molecule has 0 radical (unpaired) electrons. The van der Waals surface area contributed by atoms with E-state index in [4.69, 9.17) is 0 Å². The molecule has 3 aliphatic heterocycles. The van der Waals surface area contributed by atoms with E-state index in [-0.39, 0.29) is 22.2 Å². The van der Waals surface area contributed by atoms with Crippen molar-refractivity contribution in [3.8, 4) is 0 Å². The zero-order valence-electron chi connectivity index (χ0n) is 21.3. The molecule has 0 saturated carbocycles. The van der Waals surface area contributed by atoms with Gasteiger partial charge >= 0.3 is 0 Å². The summed E-state index contributed by atoms with van der Waals surface area (Å²) >= 11 is 0. The summed E-state index contributed by atoms with van der Waals surface area (Å²) in [4.78, 5) is 5.70. The van der Waals surface area contributed by atoms with E-state index < -0.39 is 0 Å². The molecule has 0 aromatic heterocycles. The lowest BCUT2D eigenvalue weighted by atomic mass is 9.78. The van der Waals surface area contributed by atoms with Crippen LogP contribution < -0.4 is 10.6 Å². The minimum absolute atomic E-state index is 0.166. The van der Waals surface area contributed by atoms with Gasteiger partial charge < -0.3 is 10.6 Å². The summed E-state index contributed by atoms with van der Waals surface area (Å²) in [6, 6.07) is 12.5. The number of piperidine rings is 2. The molecule has 3 fully saturated rings. The molecule has 3 heterocycles. The van der Waals surface area contributed by atoms with Gasteiger partial charge in [0.2, 0.25) is 0 Å². The van der Waals surface area contributed by atoms with Crippen molar-refractivity contribution in [3.05, 3.63) is 35.9 Å². The van der Waals surface area contributed by atoms with Crippen LogP contribution in [0.5, 0.6) is 0 Å². The number of nitrogens with one attached hydrogen (secondary N) is 2. The summed E-state index contributed by atoms with van der Waals surface area (Å²) < 4.78 is 0. The highest BCUT2D eigenvalue weighted by Gasteiger charge is 2.48. The second kappa shape index (κ2) is 7.83. The van der Waals surface area contributed by atoms with Crippen molar-refractivity contribution in [1.82, 2.24) is 20.4 Å². The Balaban J connectivity index is 1.67. The Bertz CT molecular complexity index is 689. The van der Waals surface area contributed by atoms with Crippen molar-refractivity contribution < 1.29 is 0 Å². The van der Waals surface area contributed by atoms with E-state index >= 15 is 0 Å². The van der Waals surface area contributed by atoms with Crippen LogP contribution >= 0.6 is 0 Å². The molecule has 4 nitrogen and oxygen atoms in total. The molecule has 174 valence electrons. The summed E-state index contributed by atoms with van der Waals surface area (Å²) in [5.74, 6) is 0. The lowest BCUT2D eigenvalue weighted by Crippen LogP contribution is -2.63. The van der Waals surface area contributed by atoms with Crippen molar-refractivity contribution in [1.29, 1.82) is 0 Å². The van der Waals surface area contributed by atoms with E-state index in [1.807, 2.05) is 0 Å². The van der Waals surface area contributed by atoms with Crippen molar-refractivity contribution >= 4 is 0 Å². The van der Waals surface area contributed by atoms with Crippen LogP contribution in [0.15, 0.2) is 30.3 Å². The summed E-state index contributed by atoms with van der Waals surface area (Å²) in [6.45, 7) is 21.4.